The Morgan fingerprint density at radius 1 is 1.48 bits per heavy atom. The largest absolute Gasteiger partial charge is 0.383 e. The first-order valence-electron chi connectivity index (χ1n) is 7.91. The standard InChI is InChI=1S/C15H28N4OS/c1-4-18(5-2)13-6-8-19(12-13)15-17-11-14(21-15)10-16-7-9-20-3/h11,13,16H,4-10,12H2,1-3H3. The van der Waals surface area contributed by atoms with Crippen LogP contribution in [-0.4, -0.2) is 62.4 Å². The van der Waals surface area contributed by atoms with Crippen molar-refractivity contribution in [2.45, 2.75) is 32.9 Å². The lowest BCUT2D eigenvalue weighted by Gasteiger charge is -2.25. The summed E-state index contributed by atoms with van der Waals surface area (Å²) in [5.41, 5.74) is 0. The second-order valence-corrected chi connectivity index (χ2v) is 6.48. The van der Waals surface area contributed by atoms with Gasteiger partial charge >= 0.3 is 0 Å². The van der Waals surface area contributed by atoms with Gasteiger partial charge in [-0.15, -0.1) is 11.3 Å². The lowest BCUT2D eigenvalue weighted by Crippen LogP contribution is -2.37. The number of nitrogens with one attached hydrogen (secondary N) is 1. The van der Waals surface area contributed by atoms with Crippen LogP contribution in [-0.2, 0) is 11.3 Å². The van der Waals surface area contributed by atoms with Crippen LogP contribution in [0.25, 0.3) is 0 Å². The molecule has 1 aromatic rings. The minimum absolute atomic E-state index is 0.687. The van der Waals surface area contributed by atoms with Crippen LogP contribution >= 0.6 is 11.3 Å². The molecule has 0 aromatic carbocycles. The van der Waals surface area contributed by atoms with Gasteiger partial charge in [0.05, 0.1) is 6.61 Å². The molecule has 21 heavy (non-hydrogen) atoms. The number of anilines is 1. The van der Waals surface area contributed by atoms with Crippen LogP contribution in [0.15, 0.2) is 6.20 Å². The molecular formula is C15H28N4OS. The van der Waals surface area contributed by atoms with E-state index in [0.29, 0.717) is 6.04 Å². The van der Waals surface area contributed by atoms with Gasteiger partial charge in [-0.25, -0.2) is 4.98 Å². The van der Waals surface area contributed by atoms with Crippen molar-refractivity contribution in [1.82, 2.24) is 15.2 Å². The fourth-order valence-corrected chi connectivity index (χ4v) is 3.78. The van der Waals surface area contributed by atoms with Crippen molar-refractivity contribution in [2.24, 2.45) is 0 Å². The van der Waals surface area contributed by atoms with E-state index < -0.39 is 0 Å². The molecule has 1 saturated heterocycles. The van der Waals surface area contributed by atoms with Crippen molar-refractivity contribution < 1.29 is 4.74 Å². The predicted molar refractivity (Wildman–Crippen MR) is 89.2 cm³/mol. The van der Waals surface area contributed by atoms with Crippen molar-refractivity contribution >= 4 is 16.5 Å². The highest BCUT2D eigenvalue weighted by atomic mass is 32.1. The summed E-state index contributed by atoms with van der Waals surface area (Å²) >= 11 is 1.81. The monoisotopic (exact) mass is 312 g/mol. The number of nitrogens with zero attached hydrogens (tertiary/aromatic N) is 3. The SMILES string of the molecule is CCN(CC)C1CCN(c2ncc(CNCCOC)s2)C1. The van der Waals surface area contributed by atoms with Gasteiger partial charge in [-0.3, -0.25) is 4.90 Å². The molecule has 0 saturated carbocycles. The molecule has 2 rings (SSSR count). The van der Waals surface area contributed by atoms with E-state index in [1.54, 1.807) is 7.11 Å². The van der Waals surface area contributed by atoms with E-state index in [9.17, 15) is 0 Å². The van der Waals surface area contributed by atoms with Gasteiger partial charge in [0, 0.05) is 50.4 Å². The summed E-state index contributed by atoms with van der Waals surface area (Å²) in [4.78, 5) is 10.9. The lowest BCUT2D eigenvalue weighted by molar-refractivity contribution is 0.199. The first-order valence-corrected chi connectivity index (χ1v) is 8.73. The quantitative estimate of drug-likeness (QED) is 0.704. The first-order chi connectivity index (χ1) is 10.3. The Balaban J connectivity index is 1.82. The van der Waals surface area contributed by atoms with Crippen LogP contribution in [0.4, 0.5) is 5.13 Å². The van der Waals surface area contributed by atoms with Crippen LogP contribution in [0.2, 0.25) is 0 Å². The second-order valence-electron chi connectivity index (χ2n) is 5.39. The van der Waals surface area contributed by atoms with Crippen molar-refractivity contribution in [3.8, 4) is 0 Å². The van der Waals surface area contributed by atoms with Gasteiger partial charge in [-0.2, -0.15) is 0 Å². The number of thiazole rings is 1. The fraction of sp³-hybridized carbons (Fsp3) is 0.800. The molecule has 0 aliphatic carbocycles. The third-order valence-corrected chi connectivity index (χ3v) is 5.14. The molecule has 0 amide bonds. The van der Waals surface area contributed by atoms with E-state index in [1.165, 1.54) is 16.4 Å². The van der Waals surface area contributed by atoms with Crippen LogP contribution < -0.4 is 10.2 Å². The van der Waals surface area contributed by atoms with Crippen LogP contribution in [0, 0.1) is 0 Å². The number of likely N-dealkylation sites (N-methyl/N-ethyl adjacent to an activating group) is 1. The highest BCUT2D eigenvalue weighted by molar-refractivity contribution is 7.15. The van der Waals surface area contributed by atoms with E-state index in [4.69, 9.17) is 4.74 Å². The highest BCUT2D eigenvalue weighted by Crippen LogP contribution is 2.27. The van der Waals surface area contributed by atoms with Crippen molar-refractivity contribution in [3.05, 3.63) is 11.1 Å². The average Bonchev–Trinajstić information content (AvgIpc) is 3.14. The second kappa shape index (κ2) is 8.68. The third-order valence-electron chi connectivity index (χ3n) is 4.09. The Hall–Kier alpha value is -0.690. The smallest absolute Gasteiger partial charge is 0.185 e. The van der Waals surface area contributed by atoms with Crippen molar-refractivity contribution in [1.29, 1.82) is 0 Å². The lowest BCUT2D eigenvalue weighted by atomic mass is 10.2. The van der Waals surface area contributed by atoms with Crippen molar-refractivity contribution in [3.63, 3.8) is 0 Å². The maximum atomic E-state index is 5.03. The van der Waals surface area contributed by atoms with Gasteiger partial charge in [0.15, 0.2) is 5.13 Å². The maximum Gasteiger partial charge on any atom is 0.185 e. The first kappa shape index (κ1) is 16.7. The number of hydrogen-bond acceptors (Lipinski definition) is 6. The average molecular weight is 312 g/mol. The summed E-state index contributed by atoms with van der Waals surface area (Å²) in [6.45, 7) is 11.5. The minimum atomic E-state index is 0.687. The highest BCUT2D eigenvalue weighted by Gasteiger charge is 2.27. The maximum absolute atomic E-state index is 5.03. The zero-order valence-electron chi connectivity index (χ0n) is 13.5. The van der Waals surface area contributed by atoms with Gasteiger partial charge in [-0.1, -0.05) is 13.8 Å². The summed E-state index contributed by atoms with van der Waals surface area (Å²) in [6, 6.07) is 0.687. The van der Waals surface area contributed by atoms with Gasteiger partial charge in [0.2, 0.25) is 0 Å². The topological polar surface area (TPSA) is 40.6 Å². The summed E-state index contributed by atoms with van der Waals surface area (Å²) < 4.78 is 5.03. The predicted octanol–water partition coefficient (Wildman–Crippen LogP) is 1.80. The number of hydrogen-bond donors (Lipinski definition) is 1. The normalized spacial score (nSPS) is 18.9. The zero-order valence-corrected chi connectivity index (χ0v) is 14.3. The molecule has 0 bridgehead atoms. The van der Waals surface area contributed by atoms with Crippen LogP contribution in [0.1, 0.15) is 25.1 Å². The molecule has 120 valence electrons. The summed E-state index contributed by atoms with van der Waals surface area (Å²) in [5.74, 6) is 0. The number of methoxy groups -OCH3 is 1. The molecule has 1 aliphatic rings. The van der Waals surface area contributed by atoms with E-state index >= 15 is 0 Å². The number of ether oxygens (including phenoxy) is 1. The number of rotatable bonds is 9. The Bertz CT molecular complexity index is 408. The fourth-order valence-electron chi connectivity index (χ4n) is 2.86. The van der Waals surface area contributed by atoms with Crippen LogP contribution in [0.5, 0.6) is 0 Å². The van der Waals surface area contributed by atoms with E-state index in [2.05, 4.69) is 33.9 Å². The molecule has 1 N–H and O–H groups in total. The molecule has 1 atom stereocenters. The van der Waals surface area contributed by atoms with Gasteiger partial charge < -0.3 is 15.0 Å². The Kier molecular flexibility index (Phi) is 6.89. The van der Waals surface area contributed by atoms with Gasteiger partial charge in [-0.05, 0) is 19.5 Å². The molecule has 1 aromatic heterocycles. The molecule has 1 aliphatic heterocycles. The molecule has 6 heteroatoms. The third kappa shape index (κ3) is 4.64. The molecule has 1 fully saturated rings. The summed E-state index contributed by atoms with van der Waals surface area (Å²) in [5, 5.41) is 4.54. The molecule has 0 spiro atoms. The molecule has 0 radical (unpaired) electrons. The van der Waals surface area contributed by atoms with Gasteiger partial charge in [0.25, 0.3) is 0 Å². The molecule has 2 heterocycles. The molecular weight excluding hydrogens is 284 g/mol. The Labute approximate surface area is 132 Å². The zero-order chi connectivity index (χ0) is 15.1. The summed E-state index contributed by atoms with van der Waals surface area (Å²) in [6.07, 6.45) is 3.26. The van der Waals surface area contributed by atoms with E-state index in [0.717, 1.165) is 45.9 Å². The van der Waals surface area contributed by atoms with Crippen LogP contribution in [0.3, 0.4) is 0 Å². The van der Waals surface area contributed by atoms with E-state index in [-0.39, 0.29) is 0 Å². The molecule has 1 unspecified atom stereocenters. The minimum Gasteiger partial charge on any atom is -0.383 e. The van der Waals surface area contributed by atoms with Gasteiger partial charge in [0.1, 0.15) is 0 Å². The van der Waals surface area contributed by atoms with E-state index in [1.807, 2.05) is 17.5 Å². The molecule has 5 nitrogen and oxygen atoms in total. The Morgan fingerprint density at radius 3 is 3.00 bits per heavy atom. The number of aromatic nitrogens is 1. The van der Waals surface area contributed by atoms with Crippen molar-refractivity contribution in [2.75, 3.05) is 51.3 Å². The summed E-state index contributed by atoms with van der Waals surface area (Å²) in [7, 11) is 1.73. The Morgan fingerprint density at radius 2 is 2.29 bits per heavy atom.